The fourth-order valence-corrected chi connectivity index (χ4v) is 2.61. The van der Waals surface area contributed by atoms with Gasteiger partial charge in [-0.15, -0.1) is 0 Å². The molecule has 1 saturated carbocycles. The summed E-state index contributed by atoms with van der Waals surface area (Å²) in [5.41, 5.74) is 0. The number of nitrogens with one attached hydrogen (secondary N) is 1. The maximum atomic E-state index is 3.31. The number of hydrogen-bond donors (Lipinski definition) is 1. The lowest BCUT2D eigenvalue weighted by Gasteiger charge is -2.27. The van der Waals surface area contributed by atoms with Crippen molar-refractivity contribution >= 4 is 0 Å². The molecule has 1 N–H and O–H groups in total. The summed E-state index contributed by atoms with van der Waals surface area (Å²) in [7, 11) is 2.05. The molecule has 0 aromatic heterocycles. The van der Waals surface area contributed by atoms with Crippen LogP contribution in [0.25, 0.3) is 0 Å². The molecule has 0 aliphatic heterocycles. The van der Waals surface area contributed by atoms with E-state index in [4.69, 9.17) is 0 Å². The van der Waals surface area contributed by atoms with Crippen LogP contribution in [0.15, 0.2) is 0 Å². The molecule has 0 aromatic rings. The fraction of sp³-hybridized carbons (Fsp3) is 1.00. The quantitative estimate of drug-likeness (QED) is 0.698. The molecular weight excluding hydrogens is 184 g/mol. The van der Waals surface area contributed by atoms with Gasteiger partial charge in [-0.3, -0.25) is 0 Å². The van der Waals surface area contributed by atoms with Gasteiger partial charge in [0.15, 0.2) is 0 Å². The lowest BCUT2D eigenvalue weighted by molar-refractivity contribution is 0.203. The van der Waals surface area contributed by atoms with E-state index in [0.29, 0.717) is 6.04 Å². The minimum absolute atomic E-state index is 0.673. The Morgan fingerprint density at radius 3 is 2.53 bits per heavy atom. The Morgan fingerprint density at radius 2 is 2.00 bits per heavy atom. The van der Waals surface area contributed by atoms with Gasteiger partial charge >= 0.3 is 0 Å². The van der Waals surface area contributed by atoms with Crippen LogP contribution in [0.2, 0.25) is 0 Å². The monoisotopic (exact) mass is 212 g/mol. The van der Waals surface area contributed by atoms with E-state index in [1.54, 1.807) is 0 Å². The Labute approximate surface area is 95.4 Å². The van der Waals surface area contributed by atoms with E-state index < -0.39 is 0 Å². The van der Waals surface area contributed by atoms with Crippen molar-refractivity contribution < 1.29 is 0 Å². The molecule has 2 heteroatoms. The van der Waals surface area contributed by atoms with Crippen LogP contribution in [0.5, 0.6) is 0 Å². The number of hydrogen-bond acceptors (Lipinski definition) is 2. The van der Waals surface area contributed by atoms with Crippen molar-refractivity contribution in [3.8, 4) is 0 Å². The maximum absolute atomic E-state index is 3.31. The summed E-state index contributed by atoms with van der Waals surface area (Å²) in [4.78, 5) is 2.69. The second-order valence-corrected chi connectivity index (χ2v) is 4.90. The van der Waals surface area contributed by atoms with Crippen molar-refractivity contribution in [1.82, 2.24) is 10.2 Å². The number of nitrogens with zero attached hydrogens (tertiary/aromatic N) is 1. The van der Waals surface area contributed by atoms with E-state index in [1.165, 1.54) is 51.6 Å². The summed E-state index contributed by atoms with van der Waals surface area (Å²) in [5.74, 6) is 0. The molecule has 0 radical (unpaired) electrons. The van der Waals surface area contributed by atoms with E-state index in [0.717, 1.165) is 6.04 Å². The van der Waals surface area contributed by atoms with Crippen LogP contribution >= 0.6 is 0 Å². The molecule has 1 aliphatic carbocycles. The highest BCUT2D eigenvalue weighted by Crippen LogP contribution is 2.23. The van der Waals surface area contributed by atoms with Crippen LogP contribution in [0, 0.1) is 0 Å². The fourth-order valence-electron chi connectivity index (χ4n) is 2.61. The minimum atomic E-state index is 0.673. The standard InChI is InChI=1S/C13H28N2/c1-4-15(13-9-5-6-10-13)11-7-8-12(2)14-3/h12-14H,4-11H2,1-3H3. The molecule has 0 spiro atoms. The van der Waals surface area contributed by atoms with Crippen molar-refractivity contribution in [2.45, 2.75) is 64.5 Å². The predicted octanol–water partition coefficient (Wildman–Crippen LogP) is 2.64. The van der Waals surface area contributed by atoms with Gasteiger partial charge < -0.3 is 10.2 Å². The molecule has 2 nitrogen and oxygen atoms in total. The Balaban J connectivity index is 2.15. The highest BCUT2D eigenvalue weighted by molar-refractivity contribution is 4.76. The third-order valence-corrected chi connectivity index (χ3v) is 3.82. The third kappa shape index (κ3) is 4.52. The van der Waals surface area contributed by atoms with E-state index in [2.05, 4.69) is 31.1 Å². The van der Waals surface area contributed by atoms with Gasteiger partial charge in [-0.1, -0.05) is 19.8 Å². The molecule has 0 saturated heterocycles. The molecule has 90 valence electrons. The molecule has 1 rings (SSSR count). The highest BCUT2D eigenvalue weighted by atomic mass is 15.1. The molecule has 1 aliphatic rings. The van der Waals surface area contributed by atoms with Gasteiger partial charge in [-0.05, 0) is 52.7 Å². The molecule has 1 atom stereocenters. The zero-order valence-electron chi connectivity index (χ0n) is 10.8. The SMILES string of the molecule is CCN(CCCC(C)NC)C1CCCC1. The first-order chi connectivity index (χ1) is 7.27. The van der Waals surface area contributed by atoms with Gasteiger partial charge in [-0.25, -0.2) is 0 Å². The average Bonchev–Trinajstić information content (AvgIpc) is 2.77. The Kier molecular flexibility index (Phi) is 6.26. The first kappa shape index (κ1) is 13.0. The molecule has 15 heavy (non-hydrogen) atoms. The van der Waals surface area contributed by atoms with Crippen LogP contribution in [0.4, 0.5) is 0 Å². The van der Waals surface area contributed by atoms with Crippen LogP contribution < -0.4 is 5.32 Å². The summed E-state index contributed by atoms with van der Waals surface area (Å²) in [5, 5.41) is 3.31. The van der Waals surface area contributed by atoms with Crippen LogP contribution in [-0.2, 0) is 0 Å². The zero-order chi connectivity index (χ0) is 11.1. The van der Waals surface area contributed by atoms with E-state index in [9.17, 15) is 0 Å². The van der Waals surface area contributed by atoms with Crippen molar-refractivity contribution in [3.63, 3.8) is 0 Å². The molecule has 0 aromatic carbocycles. The van der Waals surface area contributed by atoms with Gasteiger partial charge in [0, 0.05) is 12.1 Å². The van der Waals surface area contributed by atoms with Gasteiger partial charge in [0.25, 0.3) is 0 Å². The lowest BCUT2D eigenvalue weighted by atomic mass is 10.1. The second kappa shape index (κ2) is 7.24. The van der Waals surface area contributed by atoms with Crippen molar-refractivity contribution in [1.29, 1.82) is 0 Å². The Hall–Kier alpha value is -0.0800. The predicted molar refractivity (Wildman–Crippen MR) is 67.3 cm³/mol. The zero-order valence-corrected chi connectivity index (χ0v) is 10.8. The summed E-state index contributed by atoms with van der Waals surface area (Å²) in [6.45, 7) is 7.11. The summed E-state index contributed by atoms with van der Waals surface area (Å²) < 4.78 is 0. The smallest absolute Gasteiger partial charge is 0.00951 e. The van der Waals surface area contributed by atoms with Gasteiger partial charge in [0.1, 0.15) is 0 Å². The average molecular weight is 212 g/mol. The van der Waals surface area contributed by atoms with Crippen molar-refractivity contribution in [2.24, 2.45) is 0 Å². The van der Waals surface area contributed by atoms with E-state index in [1.807, 2.05) is 0 Å². The molecule has 0 heterocycles. The normalized spacial score (nSPS) is 20.0. The summed E-state index contributed by atoms with van der Waals surface area (Å²) >= 11 is 0. The minimum Gasteiger partial charge on any atom is -0.317 e. The summed E-state index contributed by atoms with van der Waals surface area (Å²) in [6, 6.07) is 1.58. The van der Waals surface area contributed by atoms with Crippen LogP contribution in [0.3, 0.4) is 0 Å². The molecule has 1 fully saturated rings. The van der Waals surface area contributed by atoms with Gasteiger partial charge in [0.05, 0.1) is 0 Å². The topological polar surface area (TPSA) is 15.3 Å². The van der Waals surface area contributed by atoms with Crippen LogP contribution in [-0.4, -0.2) is 37.1 Å². The second-order valence-electron chi connectivity index (χ2n) is 4.90. The lowest BCUT2D eigenvalue weighted by Crippen LogP contribution is -2.34. The van der Waals surface area contributed by atoms with Gasteiger partial charge in [-0.2, -0.15) is 0 Å². The first-order valence-corrected chi connectivity index (χ1v) is 6.69. The van der Waals surface area contributed by atoms with E-state index >= 15 is 0 Å². The molecule has 1 unspecified atom stereocenters. The van der Waals surface area contributed by atoms with E-state index in [-0.39, 0.29) is 0 Å². The highest BCUT2D eigenvalue weighted by Gasteiger charge is 2.20. The largest absolute Gasteiger partial charge is 0.317 e. The summed E-state index contributed by atoms with van der Waals surface area (Å²) in [6.07, 6.45) is 8.43. The number of rotatable bonds is 7. The molecule has 0 amide bonds. The molecule has 0 bridgehead atoms. The van der Waals surface area contributed by atoms with Gasteiger partial charge in [0.2, 0.25) is 0 Å². The first-order valence-electron chi connectivity index (χ1n) is 6.69. The molecular formula is C13H28N2. The van der Waals surface area contributed by atoms with Crippen molar-refractivity contribution in [2.75, 3.05) is 20.1 Å². The van der Waals surface area contributed by atoms with Crippen molar-refractivity contribution in [3.05, 3.63) is 0 Å². The Morgan fingerprint density at radius 1 is 1.33 bits per heavy atom. The maximum Gasteiger partial charge on any atom is 0.00951 e. The third-order valence-electron chi connectivity index (χ3n) is 3.82. The Bertz CT molecular complexity index is 153. The van der Waals surface area contributed by atoms with Crippen LogP contribution in [0.1, 0.15) is 52.4 Å².